The summed E-state index contributed by atoms with van der Waals surface area (Å²) in [4.78, 5) is 21.7. The van der Waals surface area contributed by atoms with Gasteiger partial charge in [0.05, 0.1) is 0 Å². The molecule has 1 aliphatic heterocycles. The molecule has 5 heteroatoms. The van der Waals surface area contributed by atoms with Gasteiger partial charge in [-0.1, -0.05) is 42.5 Å². The van der Waals surface area contributed by atoms with Crippen LogP contribution >= 0.6 is 0 Å². The van der Waals surface area contributed by atoms with Crippen molar-refractivity contribution < 1.29 is 4.79 Å². The molecule has 156 valence electrons. The lowest BCUT2D eigenvalue weighted by molar-refractivity contribution is 0.0619. The number of fused-ring (bicyclic) bond motifs is 1. The van der Waals surface area contributed by atoms with Crippen LogP contribution < -0.4 is 0 Å². The second-order valence-electron chi connectivity index (χ2n) is 8.08. The average molecular weight is 411 g/mol. The van der Waals surface area contributed by atoms with Crippen molar-refractivity contribution in [2.45, 2.75) is 13.1 Å². The fraction of sp³-hybridized carbons (Fsp3) is 0.231. The van der Waals surface area contributed by atoms with E-state index < -0.39 is 0 Å². The number of hydrogen-bond donors (Lipinski definition) is 0. The van der Waals surface area contributed by atoms with E-state index in [9.17, 15) is 4.79 Å². The fourth-order valence-corrected chi connectivity index (χ4v) is 4.37. The molecule has 0 spiro atoms. The Kier molecular flexibility index (Phi) is 5.50. The van der Waals surface area contributed by atoms with Gasteiger partial charge in [0, 0.05) is 57.9 Å². The molecule has 5 nitrogen and oxygen atoms in total. The second-order valence-corrected chi connectivity index (χ2v) is 8.08. The summed E-state index contributed by atoms with van der Waals surface area (Å²) in [5.74, 6) is 0.115. The standard InChI is InChI=1S/C26H26N4O/c31-26(25-9-4-14-30(25)19-21-10-12-27-13-11-21)29-17-15-28(16-18-29)20-23-7-3-6-22-5-1-2-8-24(22)23/h1-14H,15-20H2. The van der Waals surface area contributed by atoms with Gasteiger partial charge in [0.2, 0.25) is 0 Å². The lowest BCUT2D eigenvalue weighted by Gasteiger charge is -2.35. The van der Waals surface area contributed by atoms with Gasteiger partial charge < -0.3 is 9.47 Å². The third-order valence-electron chi connectivity index (χ3n) is 6.08. The summed E-state index contributed by atoms with van der Waals surface area (Å²) in [7, 11) is 0. The Morgan fingerprint density at radius 1 is 0.806 bits per heavy atom. The summed E-state index contributed by atoms with van der Waals surface area (Å²) in [6.07, 6.45) is 5.55. The Hall–Kier alpha value is -3.44. The zero-order chi connectivity index (χ0) is 21.0. The zero-order valence-electron chi connectivity index (χ0n) is 17.5. The lowest BCUT2D eigenvalue weighted by Crippen LogP contribution is -2.48. The van der Waals surface area contributed by atoms with Crippen molar-refractivity contribution in [1.82, 2.24) is 19.4 Å². The number of hydrogen-bond acceptors (Lipinski definition) is 3. The molecule has 2 aromatic carbocycles. The number of amides is 1. The topological polar surface area (TPSA) is 41.4 Å². The van der Waals surface area contributed by atoms with Gasteiger partial charge in [0.25, 0.3) is 5.91 Å². The molecule has 2 aromatic heterocycles. The summed E-state index contributed by atoms with van der Waals surface area (Å²) in [6.45, 7) is 4.88. The van der Waals surface area contributed by atoms with Gasteiger partial charge >= 0.3 is 0 Å². The van der Waals surface area contributed by atoms with Crippen LogP contribution in [0.3, 0.4) is 0 Å². The minimum atomic E-state index is 0.115. The van der Waals surface area contributed by atoms with Crippen molar-refractivity contribution in [1.29, 1.82) is 0 Å². The fourth-order valence-electron chi connectivity index (χ4n) is 4.37. The first-order chi connectivity index (χ1) is 15.3. The zero-order valence-corrected chi connectivity index (χ0v) is 17.5. The maximum absolute atomic E-state index is 13.2. The van der Waals surface area contributed by atoms with Crippen molar-refractivity contribution >= 4 is 16.7 Å². The van der Waals surface area contributed by atoms with Gasteiger partial charge in [-0.2, -0.15) is 0 Å². The quantitative estimate of drug-likeness (QED) is 0.499. The molecule has 1 fully saturated rings. The second kappa shape index (κ2) is 8.74. The molecule has 5 rings (SSSR count). The summed E-state index contributed by atoms with van der Waals surface area (Å²) in [5, 5.41) is 2.60. The van der Waals surface area contributed by atoms with Crippen molar-refractivity contribution in [3.63, 3.8) is 0 Å². The van der Waals surface area contributed by atoms with E-state index >= 15 is 0 Å². The Morgan fingerprint density at radius 2 is 1.58 bits per heavy atom. The molecule has 0 unspecified atom stereocenters. The largest absolute Gasteiger partial charge is 0.339 e. The van der Waals surface area contributed by atoms with Crippen molar-refractivity contribution in [3.8, 4) is 0 Å². The molecule has 1 aliphatic rings. The molecule has 1 saturated heterocycles. The van der Waals surface area contributed by atoms with Crippen LogP contribution in [0.15, 0.2) is 85.3 Å². The Morgan fingerprint density at radius 3 is 2.42 bits per heavy atom. The van der Waals surface area contributed by atoms with E-state index in [-0.39, 0.29) is 5.91 Å². The van der Waals surface area contributed by atoms with Gasteiger partial charge in [0.1, 0.15) is 5.69 Å². The highest BCUT2D eigenvalue weighted by molar-refractivity contribution is 5.93. The van der Waals surface area contributed by atoms with Crippen LogP contribution in [0.5, 0.6) is 0 Å². The predicted molar refractivity (Wildman–Crippen MR) is 123 cm³/mol. The van der Waals surface area contributed by atoms with Gasteiger partial charge in [-0.05, 0) is 46.2 Å². The van der Waals surface area contributed by atoms with Crippen molar-refractivity contribution in [2.75, 3.05) is 26.2 Å². The van der Waals surface area contributed by atoms with Gasteiger partial charge in [-0.3, -0.25) is 14.7 Å². The molecule has 31 heavy (non-hydrogen) atoms. The number of pyridine rings is 1. The highest BCUT2D eigenvalue weighted by Crippen LogP contribution is 2.21. The monoisotopic (exact) mass is 410 g/mol. The number of piperazine rings is 1. The van der Waals surface area contributed by atoms with Crippen LogP contribution in [-0.4, -0.2) is 51.4 Å². The third kappa shape index (κ3) is 4.23. The molecule has 0 bridgehead atoms. The van der Waals surface area contributed by atoms with Crippen LogP contribution in [0.2, 0.25) is 0 Å². The number of rotatable bonds is 5. The molecule has 1 amide bonds. The van der Waals surface area contributed by atoms with Gasteiger partial charge in [-0.15, -0.1) is 0 Å². The van der Waals surface area contributed by atoms with Crippen LogP contribution in [0.4, 0.5) is 0 Å². The molecule has 0 atom stereocenters. The normalized spacial score (nSPS) is 14.8. The number of benzene rings is 2. The maximum Gasteiger partial charge on any atom is 0.270 e. The van der Waals surface area contributed by atoms with Crippen LogP contribution in [0.1, 0.15) is 21.6 Å². The Bertz CT molecular complexity index is 1170. The third-order valence-corrected chi connectivity index (χ3v) is 6.08. The van der Waals surface area contributed by atoms with E-state index in [2.05, 4.69) is 52.3 Å². The van der Waals surface area contributed by atoms with E-state index in [0.717, 1.165) is 44.0 Å². The molecule has 0 aliphatic carbocycles. The highest BCUT2D eigenvalue weighted by atomic mass is 16.2. The summed E-state index contributed by atoms with van der Waals surface area (Å²) < 4.78 is 2.03. The van der Waals surface area contributed by atoms with Crippen molar-refractivity contribution in [3.05, 3.63) is 102 Å². The van der Waals surface area contributed by atoms with E-state index in [1.807, 2.05) is 39.9 Å². The molecule has 0 N–H and O–H groups in total. The maximum atomic E-state index is 13.2. The first-order valence-corrected chi connectivity index (χ1v) is 10.8. The lowest BCUT2D eigenvalue weighted by atomic mass is 10.0. The predicted octanol–water partition coefficient (Wildman–Crippen LogP) is 4.04. The van der Waals surface area contributed by atoms with E-state index in [0.29, 0.717) is 6.54 Å². The minimum Gasteiger partial charge on any atom is -0.339 e. The number of aromatic nitrogens is 2. The molecular formula is C26H26N4O. The SMILES string of the molecule is O=C(c1cccn1Cc1ccncc1)N1CCN(Cc2cccc3ccccc23)CC1. The minimum absolute atomic E-state index is 0.115. The Balaban J connectivity index is 1.23. The smallest absolute Gasteiger partial charge is 0.270 e. The molecule has 0 saturated carbocycles. The van der Waals surface area contributed by atoms with Crippen LogP contribution in [0.25, 0.3) is 10.8 Å². The number of carbonyl (C=O) groups is 1. The highest BCUT2D eigenvalue weighted by Gasteiger charge is 2.24. The van der Waals surface area contributed by atoms with Crippen LogP contribution in [0, 0.1) is 0 Å². The summed E-state index contributed by atoms with van der Waals surface area (Å²) >= 11 is 0. The number of nitrogens with zero attached hydrogens (tertiary/aromatic N) is 4. The Labute approximate surface area is 182 Å². The van der Waals surface area contributed by atoms with Crippen molar-refractivity contribution in [2.24, 2.45) is 0 Å². The average Bonchev–Trinajstić information content (AvgIpc) is 3.28. The van der Waals surface area contributed by atoms with E-state index in [1.54, 1.807) is 12.4 Å². The molecule has 4 aromatic rings. The van der Waals surface area contributed by atoms with E-state index in [4.69, 9.17) is 0 Å². The molecular weight excluding hydrogens is 384 g/mol. The van der Waals surface area contributed by atoms with Gasteiger partial charge in [0.15, 0.2) is 0 Å². The number of carbonyl (C=O) groups excluding carboxylic acids is 1. The van der Waals surface area contributed by atoms with E-state index in [1.165, 1.54) is 16.3 Å². The first-order valence-electron chi connectivity index (χ1n) is 10.8. The van der Waals surface area contributed by atoms with Crippen LogP contribution in [-0.2, 0) is 13.1 Å². The summed E-state index contributed by atoms with van der Waals surface area (Å²) in [6, 6.07) is 22.9. The van der Waals surface area contributed by atoms with Gasteiger partial charge in [-0.25, -0.2) is 0 Å². The first kappa shape index (κ1) is 19.5. The molecule has 3 heterocycles. The summed E-state index contributed by atoms with van der Waals surface area (Å²) in [5.41, 5.74) is 3.24. The molecule has 0 radical (unpaired) electrons.